The molecule has 226 valence electrons. The molecule has 3 rings (SSSR count). The number of hydrogen-bond acceptors (Lipinski definition) is 4. The van der Waals surface area contributed by atoms with E-state index < -0.39 is 29.0 Å². The van der Waals surface area contributed by atoms with Crippen molar-refractivity contribution in [2.75, 3.05) is 34.3 Å². The number of hydrogen-bond donors (Lipinski definition) is 1. The van der Waals surface area contributed by atoms with Gasteiger partial charge in [-0.2, -0.15) is 0 Å². The van der Waals surface area contributed by atoms with E-state index in [1.165, 1.54) is 12.1 Å². The summed E-state index contributed by atoms with van der Waals surface area (Å²) in [5.41, 5.74) is 0.208. The molecule has 0 radical (unpaired) electrons. The number of ether oxygens (including phenoxy) is 2. The van der Waals surface area contributed by atoms with E-state index in [1.54, 1.807) is 12.1 Å². The number of esters is 1. The van der Waals surface area contributed by atoms with Crippen molar-refractivity contribution in [1.82, 2.24) is 5.32 Å². The van der Waals surface area contributed by atoms with Crippen molar-refractivity contribution in [3.63, 3.8) is 0 Å². The third-order valence-corrected chi connectivity index (χ3v) is 6.89. The van der Waals surface area contributed by atoms with Crippen LogP contribution >= 0.6 is 0 Å². The van der Waals surface area contributed by atoms with E-state index in [2.05, 4.69) is 17.4 Å². The van der Waals surface area contributed by atoms with Gasteiger partial charge in [0.05, 0.1) is 27.7 Å². The third-order valence-electron chi connectivity index (χ3n) is 6.89. The molecule has 0 aliphatic rings. The summed E-state index contributed by atoms with van der Waals surface area (Å²) < 4.78 is 51.9. The summed E-state index contributed by atoms with van der Waals surface area (Å²) in [6.07, 6.45) is 6.72. The zero-order valence-corrected chi connectivity index (χ0v) is 24.5. The van der Waals surface area contributed by atoms with Crippen LogP contribution in [0.25, 0.3) is 0 Å². The fourth-order valence-electron chi connectivity index (χ4n) is 4.51. The molecule has 0 fully saturated rings. The second-order valence-corrected chi connectivity index (χ2v) is 11.2. The molecule has 0 aromatic heterocycles. The molecule has 1 N–H and O–H groups in total. The van der Waals surface area contributed by atoms with E-state index >= 15 is 0 Å². The first-order valence-electron chi connectivity index (χ1n) is 14.3. The van der Waals surface area contributed by atoms with Crippen LogP contribution in [0.4, 0.5) is 13.2 Å². The Hall–Kier alpha value is -3.85. The number of carbonyl (C=O) groups excluding carboxylic acids is 2. The maximum atomic E-state index is 13.8. The zero-order valence-electron chi connectivity index (χ0n) is 24.5. The molecule has 6 nitrogen and oxygen atoms in total. The van der Waals surface area contributed by atoms with Crippen LogP contribution in [0.5, 0.6) is 11.5 Å². The maximum Gasteiger partial charge on any atom is 0.349 e. The Labute approximate surface area is 246 Å². The highest BCUT2D eigenvalue weighted by atomic mass is 19.1. The van der Waals surface area contributed by atoms with Crippen molar-refractivity contribution >= 4 is 11.9 Å². The first-order chi connectivity index (χ1) is 20.0. The Bertz CT molecular complexity index is 1270. The summed E-state index contributed by atoms with van der Waals surface area (Å²) in [6.45, 7) is 1.20. The van der Waals surface area contributed by atoms with Gasteiger partial charge in [0.15, 0.2) is 6.04 Å². The van der Waals surface area contributed by atoms with Gasteiger partial charge in [-0.3, -0.25) is 4.79 Å². The summed E-state index contributed by atoms with van der Waals surface area (Å²) in [7, 11) is 6.15. The molecule has 0 heterocycles. The maximum absolute atomic E-state index is 13.8. The third kappa shape index (κ3) is 10.5. The standard InChI is InChI=1S/C33H39F3N2O4/c1-38(2,3)30(21-24-13-9-8-10-14-24)32(39)37-19-11-6-4-5-7-12-20-41-26-15-17-27(18-16-26)42-33(40)31-28(35)22-25(34)23-29(31)36/h8-10,13-18,22-23,30H,4-7,11-12,19-21H2,1-3H3/p+1. The van der Waals surface area contributed by atoms with Gasteiger partial charge in [-0.1, -0.05) is 56.0 Å². The number of amides is 1. The van der Waals surface area contributed by atoms with E-state index in [1.807, 2.05) is 39.3 Å². The van der Waals surface area contributed by atoms with Crippen molar-refractivity contribution in [1.29, 1.82) is 0 Å². The molecule has 0 aliphatic heterocycles. The van der Waals surface area contributed by atoms with Gasteiger partial charge in [0.2, 0.25) is 0 Å². The number of nitrogens with zero attached hydrogens (tertiary/aromatic N) is 1. The van der Waals surface area contributed by atoms with Crippen molar-refractivity contribution in [2.24, 2.45) is 0 Å². The first kappa shape index (κ1) is 32.7. The number of benzene rings is 3. The highest BCUT2D eigenvalue weighted by molar-refractivity contribution is 5.91. The highest BCUT2D eigenvalue weighted by Gasteiger charge is 2.31. The summed E-state index contributed by atoms with van der Waals surface area (Å²) in [4.78, 5) is 25.0. The van der Waals surface area contributed by atoms with Gasteiger partial charge in [-0.15, -0.1) is 0 Å². The fourth-order valence-corrected chi connectivity index (χ4v) is 4.51. The topological polar surface area (TPSA) is 64.6 Å². The number of halogens is 3. The highest BCUT2D eigenvalue weighted by Crippen LogP contribution is 2.21. The minimum Gasteiger partial charge on any atom is -0.494 e. The molecule has 1 amide bonds. The van der Waals surface area contributed by atoms with E-state index in [0.717, 1.165) is 44.1 Å². The van der Waals surface area contributed by atoms with Gasteiger partial charge >= 0.3 is 5.97 Å². The van der Waals surface area contributed by atoms with Crippen LogP contribution in [0.2, 0.25) is 0 Å². The number of quaternary nitrogens is 1. The second-order valence-electron chi connectivity index (χ2n) is 11.2. The Morgan fingerprint density at radius 2 is 1.36 bits per heavy atom. The van der Waals surface area contributed by atoms with E-state index in [0.29, 0.717) is 41.9 Å². The lowest BCUT2D eigenvalue weighted by Crippen LogP contribution is -2.55. The molecule has 3 aromatic rings. The average Bonchev–Trinajstić information content (AvgIpc) is 2.93. The van der Waals surface area contributed by atoms with Gasteiger partial charge < -0.3 is 19.3 Å². The SMILES string of the molecule is C[N+](C)(C)C(Cc1ccccc1)C(=O)NCCCCCCCCOc1ccc(OC(=O)c2c(F)cc(F)cc2F)cc1. The summed E-state index contributed by atoms with van der Waals surface area (Å²) in [6, 6.07) is 16.9. The van der Waals surface area contributed by atoms with Gasteiger partial charge in [0.1, 0.15) is 34.5 Å². The van der Waals surface area contributed by atoms with Gasteiger partial charge in [-0.05, 0) is 42.7 Å². The molecular weight excluding hydrogens is 545 g/mol. The molecule has 1 unspecified atom stereocenters. The number of unbranched alkanes of at least 4 members (excludes halogenated alkanes) is 5. The number of nitrogens with one attached hydrogen (secondary N) is 1. The van der Waals surface area contributed by atoms with Crippen LogP contribution in [0, 0.1) is 17.5 Å². The largest absolute Gasteiger partial charge is 0.494 e. The summed E-state index contributed by atoms with van der Waals surface area (Å²) >= 11 is 0. The Morgan fingerprint density at radius 3 is 1.98 bits per heavy atom. The summed E-state index contributed by atoms with van der Waals surface area (Å²) in [5.74, 6) is -4.28. The minimum atomic E-state index is -1.33. The lowest BCUT2D eigenvalue weighted by molar-refractivity contribution is -0.886. The second kappa shape index (κ2) is 16.0. The monoisotopic (exact) mass is 585 g/mol. The minimum absolute atomic E-state index is 0.0795. The molecular formula is C33H40F3N2O4+. The molecule has 0 saturated heterocycles. The fraction of sp³-hybridized carbons (Fsp3) is 0.394. The van der Waals surface area contributed by atoms with Crippen molar-refractivity contribution < 1.29 is 36.7 Å². The predicted octanol–water partition coefficient (Wildman–Crippen LogP) is 6.48. The number of rotatable bonds is 16. The van der Waals surface area contributed by atoms with Crippen LogP contribution in [0.15, 0.2) is 66.7 Å². The van der Waals surface area contributed by atoms with Gasteiger partial charge in [0.25, 0.3) is 5.91 Å². The first-order valence-corrected chi connectivity index (χ1v) is 14.3. The number of likely N-dealkylation sites (N-methyl/N-ethyl adjacent to an activating group) is 1. The lowest BCUT2D eigenvalue weighted by Gasteiger charge is -2.33. The lowest BCUT2D eigenvalue weighted by atomic mass is 10.0. The van der Waals surface area contributed by atoms with Crippen LogP contribution < -0.4 is 14.8 Å². The van der Waals surface area contributed by atoms with Crippen molar-refractivity contribution in [3.8, 4) is 11.5 Å². The number of carbonyl (C=O) groups is 2. The Kier molecular flexibility index (Phi) is 12.4. The normalized spacial score (nSPS) is 12.0. The molecule has 0 spiro atoms. The Morgan fingerprint density at radius 1 is 0.786 bits per heavy atom. The predicted molar refractivity (Wildman–Crippen MR) is 156 cm³/mol. The van der Waals surface area contributed by atoms with Gasteiger partial charge in [-0.25, -0.2) is 18.0 Å². The smallest absolute Gasteiger partial charge is 0.349 e. The summed E-state index contributed by atoms with van der Waals surface area (Å²) in [5, 5.41) is 3.12. The van der Waals surface area contributed by atoms with Crippen LogP contribution in [0.3, 0.4) is 0 Å². The zero-order chi connectivity index (χ0) is 30.5. The van der Waals surface area contributed by atoms with Crippen LogP contribution in [0.1, 0.15) is 54.4 Å². The van der Waals surface area contributed by atoms with Crippen LogP contribution in [-0.2, 0) is 11.2 Å². The molecule has 0 saturated carbocycles. The van der Waals surface area contributed by atoms with Crippen molar-refractivity contribution in [2.45, 2.75) is 51.0 Å². The molecule has 9 heteroatoms. The van der Waals surface area contributed by atoms with E-state index in [-0.39, 0.29) is 17.7 Å². The molecule has 42 heavy (non-hydrogen) atoms. The van der Waals surface area contributed by atoms with E-state index in [4.69, 9.17) is 9.47 Å². The molecule has 3 aromatic carbocycles. The van der Waals surface area contributed by atoms with Crippen molar-refractivity contribution in [3.05, 3.63) is 95.3 Å². The average molecular weight is 586 g/mol. The molecule has 0 aliphatic carbocycles. The quantitative estimate of drug-likeness (QED) is 0.0905. The Balaban J connectivity index is 1.26. The van der Waals surface area contributed by atoms with Crippen LogP contribution in [-0.4, -0.2) is 56.7 Å². The molecule has 0 bridgehead atoms. The van der Waals surface area contributed by atoms with E-state index in [9.17, 15) is 22.8 Å². The molecule has 1 atom stereocenters. The van der Waals surface area contributed by atoms with Gasteiger partial charge in [0, 0.05) is 25.1 Å².